The summed E-state index contributed by atoms with van der Waals surface area (Å²) in [5.74, 6) is 2.63. The SMILES string of the molecule is COc1ccc(NC(N)=NCc2ccc(N3CCN(C)CC3)nc2)cc1OC. The summed E-state index contributed by atoms with van der Waals surface area (Å²) in [6.45, 7) is 4.59. The highest BCUT2D eigenvalue weighted by Crippen LogP contribution is 2.29. The molecule has 150 valence electrons. The first kappa shape index (κ1) is 19.8. The molecule has 3 N–H and O–H groups in total. The van der Waals surface area contributed by atoms with E-state index in [9.17, 15) is 0 Å². The molecule has 28 heavy (non-hydrogen) atoms. The molecule has 1 aromatic carbocycles. The predicted octanol–water partition coefficient (Wildman–Crippen LogP) is 1.78. The highest BCUT2D eigenvalue weighted by molar-refractivity contribution is 5.92. The van der Waals surface area contributed by atoms with Crippen molar-refractivity contribution in [1.29, 1.82) is 0 Å². The largest absolute Gasteiger partial charge is 0.493 e. The van der Waals surface area contributed by atoms with Crippen LogP contribution in [-0.2, 0) is 6.54 Å². The van der Waals surface area contributed by atoms with E-state index in [1.54, 1.807) is 14.2 Å². The molecular formula is C20H28N6O2. The quantitative estimate of drug-likeness (QED) is 0.580. The van der Waals surface area contributed by atoms with Gasteiger partial charge in [-0.05, 0) is 30.8 Å². The second-order valence-corrected chi connectivity index (χ2v) is 6.71. The van der Waals surface area contributed by atoms with Crippen LogP contribution in [0.3, 0.4) is 0 Å². The van der Waals surface area contributed by atoms with Crippen LogP contribution >= 0.6 is 0 Å². The van der Waals surface area contributed by atoms with Gasteiger partial charge in [0.05, 0.1) is 20.8 Å². The van der Waals surface area contributed by atoms with E-state index >= 15 is 0 Å². The molecule has 0 bridgehead atoms. The molecule has 1 fully saturated rings. The summed E-state index contributed by atoms with van der Waals surface area (Å²) in [5.41, 5.74) is 7.80. The van der Waals surface area contributed by atoms with E-state index in [2.05, 4.69) is 32.1 Å². The van der Waals surface area contributed by atoms with Gasteiger partial charge in [-0.1, -0.05) is 6.07 Å². The number of guanidine groups is 1. The normalized spacial score (nSPS) is 15.4. The first-order valence-corrected chi connectivity index (χ1v) is 9.26. The number of aliphatic imine (C=N–C) groups is 1. The second kappa shape index (κ2) is 9.27. The number of nitrogens with zero attached hydrogens (tertiary/aromatic N) is 4. The van der Waals surface area contributed by atoms with Crippen molar-refractivity contribution >= 4 is 17.5 Å². The van der Waals surface area contributed by atoms with E-state index in [1.807, 2.05) is 36.5 Å². The maximum Gasteiger partial charge on any atom is 0.193 e. The Bertz CT molecular complexity index is 801. The fourth-order valence-electron chi connectivity index (χ4n) is 3.01. The van der Waals surface area contributed by atoms with E-state index in [-0.39, 0.29) is 0 Å². The summed E-state index contributed by atoms with van der Waals surface area (Å²) >= 11 is 0. The van der Waals surface area contributed by atoms with Crippen LogP contribution in [0, 0.1) is 0 Å². The second-order valence-electron chi connectivity index (χ2n) is 6.71. The van der Waals surface area contributed by atoms with E-state index in [1.165, 1.54) is 0 Å². The van der Waals surface area contributed by atoms with Crippen LogP contribution in [0.15, 0.2) is 41.5 Å². The standard InChI is InChI=1S/C20H28N6O2/c1-25-8-10-26(11-9-25)19-7-4-15(13-22-19)14-23-20(21)24-16-5-6-17(27-2)18(12-16)28-3/h4-7,12-13H,8-11,14H2,1-3H3,(H3,21,23,24). The van der Waals surface area contributed by atoms with Gasteiger partial charge in [-0.3, -0.25) is 0 Å². The van der Waals surface area contributed by atoms with Crippen molar-refractivity contribution in [2.75, 3.05) is 57.7 Å². The summed E-state index contributed by atoms with van der Waals surface area (Å²) < 4.78 is 10.5. The molecule has 0 saturated carbocycles. The fourth-order valence-corrected chi connectivity index (χ4v) is 3.01. The van der Waals surface area contributed by atoms with Crippen molar-refractivity contribution in [2.24, 2.45) is 10.7 Å². The number of anilines is 2. The summed E-state index contributed by atoms with van der Waals surface area (Å²) in [6.07, 6.45) is 1.86. The minimum absolute atomic E-state index is 0.329. The molecule has 1 aliphatic rings. The molecule has 0 radical (unpaired) electrons. The van der Waals surface area contributed by atoms with Crippen molar-refractivity contribution in [3.63, 3.8) is 0 Å². The van der Waals surface area contributed by atoms with Gasteiger partial charge in [0.25, 0.3) is 0 Å². The van der Waals surface area contributed by atoms with E-state index in [0.29, 0.717) is 24.0 Å². The number of hydrogen-bond acceptors (Lipinski definition) is 6. The Morgan fingerprint density at radius 3 is 2.50 bits per heavy atom. The average molecular weight is 384 g/mol. The molecule has 1 aromatic heterocycles. The van der Waals surface area contributed by atoms with Gasteiger partial charge in [-0.15, -0.1) is 0 Å². The van der Waals surface area contributed by atoms with Gasteiger partial charge in [0.1, 0.15) is 5.82 Å². The number of rotatable bonds is 6. The number of nitrogens with one attached hydrogen (secondary N) is 1. The molecule has 1 saturated heterocycles. The summed E-state index contributed by atoms with van der Waals surface area (Å²) in [7, 11) is 5.34. The van der Waals surface area contributed by atoms with Crippen molar-refractivity contribution < 1.29 is 9.47 Å². The number of piperazine rings is 1. The Hall–Kier alpha value is -3.00. The van der Waals surface area contributed by atoms with Crippen LogP contribution in [0.25, 0.3) is 0 Å². The Morgan fingerprint density at radius 1 is 1.11 bits per heavy atom. The number of aromatic nitrogens is 1. The lowest BCUT2D eigenvalue weighted by Gasteiger charge is -2.33. The molecule has 0 aliphatic carbocycles. The number of hydrogen-bond donors (Lipinski definition) is 2. The molecule has 2 heterocycles. The number of methoxy groups -OCH3 is 2. The molecule has 0 spiro atoms. The highest BCUT2D eigenvalue weighted by atomic mass is 16.5. The molecule has 0 amide bonds. The Morgan fingerprint density at radius 2 is 1.86 bits per heavy atom. The molecule has 0 atom stereocenters. The minimum atomic E-state index is 0.329. The van der Waals surface area contributed by atoms with Crippen LogP contribution in [0.2, 0.25) is 0 Å². The van der Waals surface area contributed by atoms with Gasteiger partial charge in [-0.25, -0.2) is 9.98 Å². The number of ether oxygens (including phenoxy) is 2. The number of benzene rings is 1. The van der Waals surface area contributed by atoms with Gasteiger partial charge < -0.3 is 30.3 Å². The third-order valence-corrected chi connectivity index (χ3v) is 4.72. The molecule has 0 unspecified atom stereocenters. The van der Waals surface area contributed by atoms with Gasteiger partial charge in [-0.2, -0.15) is 0 Å². The lowest BCUT2D eigenvalue weighted by atomic mass is 10.2. The first-order valence-electron chi connectivity index (χ1n) is 9.26. The highest BCUT2D eigenvalue weighted by Gasteiger charge is 2.14. The zero-order valence-corrected chi connectivity index (χ0v) is 16.7. The van der Waals surface area contributed by atoms with Crippen molar-refractivity contribution in [3.05, 3.63) is 42.1 Å². The van der Waals surface area contributed by atoms with Crippen molar-refractivity contribution in [1.82, 2.24) is 9.88 Å². The first-order chi connectivity index (χ1) is 13.6. The van der Waals surface area contributed by atoms with Crippen LogP contribution in [-0.4, -0.2) is 63.3 Å². The minimum Gasteiger partial charge on any atom is -0.493 e. The Balaban J connectivity index is 1.57. The van der Waals surface area contributed by atoms with Crippen LogP contribution < -0.4 is 25.4 Å². The van der Waals surface area contributed by atoms with Gasteiger partial charge in [0.2, 0.25) is 0 Å². The third kappa shape index (κ3) is 5.04. The smallest absolute Gasteiger partial charge is 0.193 e. The average Bonchev–Trinajstić information content (AvgIpc) is 2.73. The summed E-state index contributed by atoms with van der Waals surface area (Å²) in [5, 5.41) is 3.06. The summed E-state index contributed by atoms with van der Waals surface area (Å²) in [6, 6.07) is 9.58. The van der Waals surface area contributed by atoms with Crippen molar-refractivity contribution in [2.45, 2.75) is 6.54 Å². The van der Waals surface area contributed by atoms with E-state index < -0.39 is 0 Å². The topological polar surface area (TPSA) is 88.2 Å². The lowest BCUT2D eigenvalue weighted by molar-refractivity contribution is 0.312. The maximum absolute atomic E-state index is 6.01. The van der Waals surface area contributed by atoms with E-state index in [0.717, 1.165) is 43.2 Å². The van der Waals surface area contributed by atoms with Gasteiger partial charge >= 0.3 is 0 Å². The molecule has 2 aromatic rings. The zero-order valence-electron chi connectivity index (χ0n) is 16.7. The maximum atomic E-state index is 6.01. The monoisotopic (exact) mass is 384 g/mol. The lowest BCUT2D eigenvalue weighted by Crippen LogP contribution is -2.44. The summed E-state index contributed by atoms with van der Waals surface area (Å²) in [4.78, 5) is 13.6. The molecule has 8 heteroatoms. The predicted molar refractivity (Wildman–Crippen MR) is 112 cm³/mol. The zero-order chi connectivity index (χ0) is 19.9. The van der Waals surface area contributed by atoms with Crippen LogP contribution in [0.5, 0.6) is 11.5 Å². The number of likely N-dealkylation sites (N-methyl/N-ethyl adjacent to an activating group) is 1. The van der Waals surface area contributed by atoms with E-state index in [4.69, 9.17) is 15.2 Å². The van der Waals surface area contributed by atoms with Crippen LogP contribution in [0.4, 0.5) is 11.5 Å². The molecular weight excluding hydrogens is 356 g/mol. The fraction of sp³-hybridized carbons (Fsp3) is 0.400. The van der Waals surface area contributed by atoms with Crippen LogP contribution in [0.1, 0.15) is 5.56 Å². The molecule has 1 aliphatic heterocycles. The van der Waals surface area contributed by atoms with Crippen molar-refractivity contribution in [3.8, 4) is 11.5 Å². The number of nitrogens with two attached hydrogens (primary N) is 1. The van der Waals surface area contributed by atoms with Gasteiger partial charge in [0, 0.05) is 44.1 Å². The van der Waals surface area contributed by atoms with Gasteiger partial charge in [0.15, 0.2) is 17.5 Å². The molecule has 8 nitrogen and oxygen atoms in total. The number of pyridine rings is 1. The molecule has 3 rings (SSSR count). The Labute approximate surface area is 166 Å². The Kier molecular flexibility index (Phi) is 6.54. The third-order valence-electron chi connectivity index (χ3n) is 4.72.